The number of pyridine rings is 1. The number of ether oxygens (including phenoxy) is 2. The number of rotatable bonds is 16. The Hall–Kier alpha value is -5.88. The average molecular weight is 704 g/mol. The number of hydrogen-bond acceptors (Lipinski definition) is 10. The van der Waals surface area contributed by atoms with Crippen LogP contribution >= 0.6 is 0 Å². The van der Waals surface area contributed by atoms with E-state index < -0.39 is 34.3 Å². The monoisotopic (exact) mass is 703 g/mol. The maximum atomic E-state index is 14.4. The number of carbonyl (C=O) groups is 5. The Morgan fingerprint density at radius 1 is 0.981 bits per heavy atom. The summed E-state index contributed by atoms with van der Waals surface area (Å²) < 4.78 is 11.6. The minimum absolute atomic E-state index is 0.0691. The number of fused-ring (bicyclic) bond motifs is 1. The van der Waals surface area contributed by atoms with Gasteiger partial charge in [-0.25, -0.2) is 9.78 Å². The second-order valence-corrected chi connectivity index (χ2v) is 13.3. The minimum Gasteiger partial charge on any atom is -0.490 e. The summed E-state index contributed by atoms with van der Waals surface area (Å²) in [5, 5.41) is 5.83. The molecule has 0 aliphatic carbocycles. The van der Waals surface area contributed by atoms with E-state index in [2.05, 4.69) is 15.6 Å². The van der Waals surface area contributed by atoms with Gasteiger partial charge in [-0.1, -0.05) is 73.7 Å². The van der Waals surface area contributed by atoms with Crippen LogP contribution in [0.25, 0.3) is 0 Å². The summed E-state index contributed by atoms with van der Waals surface area (Å²) in [6.07, 6.45) is 4.62. The molecule has 4 N–H and O–H groups in total. The van der Waals surface area contributed by atoms with E-state index in [0.717, 1.165) is 24.0 Å². The smallest absolute Gasteiger partial charge is 0.330 e. The third kappa shape index (κ3) is 6.76. The maximum Gasteiger partial charge on any atom is 0.330 e. The number of benzene rings is 3. The Morgan fingerprint density at radius 2 is 1.73 bits per heavy atom. The third-order valence-corrected chi connectivity index (χ3v) is 10.1. The van der Waals surface area contributed by atoms with Gasteiger partial charge in [0.25, 0.3) is 5.91 Å². The van der Waals surface area contributed by atoms with Crippen molar-refractivity contribution < 1.29 is 33.4 Å². The fraction of sp³-hybridized carbons (Fsp3) is 0.300. The minimum atomic E-state index is -1.74. The van der Waals surface area contributed by atoms with Gasteiger partial charge in [0, 0.05) is 24.6 Å². The molecule has 3 atom stereocenters. The van der Waals surface area contributed by atoms with E-state index in [1.54, 1.807) is 49.5 Å². The van der Waals surface area contributed by atoms with Gasteiger partial charge >= 0.3 is 5.97 Å². The van der Waals surface area contributed by atoms with Crippen LogP contribution in [-0.2, 0) is 42.4 Å². The third-order valence-electron chi connectivity index (χ3n) is 10.1. The lowest BCUT2D eigenvalue weighted by atomic mass is 9.65. The van der Waals surface area contributed by atoms with Gasteiger partial charge in [-0.15, -0.1) is 0 Å². The Morgan fingerprint density at radius 3 is 2.44 bits per heavy atom. The van der Waals surface area contributed by atoms with E-state index in [1.165, 1.54) is 4.90 Å². The van der Waals surface area contributed by atoms with E-state index in [4.69, 9.17) is 15.2 Å². The number of aromatic nitrogens is 1. The van der Waals surface area contributed by atoms with Crippen molar-refractivity contribution in [2.45, 2.75) is 55.7 Å². The van der Waals surface area contributed by atoms with Gasteiger partial charge < -0.3 is 35.0 Å². The number of nitrogen functional groups attached to an aromatic ring is 1. The summed E-state index contributed by atoms with van der Waals surface area (Å²) in [6, 6.07) is 27.1. The van der Waals surface area contributed by atoms with Crippen LogP contribution in [0.2, 0.25) is 0 Å². The predicted molar refractivity (Wildman–Crippen MR) is 194 cm³/mol. The summed E-state index contributed by atoms with van der Waals surface area (Å²) in [6.45, 7) is 1.73. The van der Waals surface area contributed by atoms with E-state index in [9.17, 15) is 24.0 Å². The predicted octanol–water partition coefficient (Wildman–Crippen LogP) is 3.71. The molecule has 1 aromatic heterocycles. The Bertz CT molecular complexity index is 1960. The van der Waals surface area contributed by atoms with Gasteiger partial charge in [0.15, 0.2) is 17.1 Å². The zero-order valence-electron chi connectivity index (χ0n) is 28.9. The summed E-state index contributed by atoms with van der Waals surface area (Å²) >= 11 is 0. The Labute approximate surface area is 301 Å². The van der Waals surface area contributed by atoms with Crippen LogP contribution in [0.15, 0.2) is 97.2 Å². The van der Waals surface area contributed by atoms with Crippen LogP contribution < -0.4 is 26.0 Å². The van der Waals surface area contributed by atoms with E-state index >= 15 is 0 Å². The fourth-order valence-electron chi connectivity index (χ4n) is 7.22. The van der Waals surface area contributed by atoms with E-state index in [0.29, 0.717) is 54.0 Å². The molecule has 6 rings (SSSR count). The lowest BCUT2D eigenvalue weighted by Gasteiger charge is -2.41. The highest BCUT2D eigenvalue weighted by molar-refractivity contribution is 6.10. The first-order valence-electron chi connectivity index (χ1n) is 17.2. The quantitative estimate of drug-likeness (QED) is 0.0674. The number of amides is 2. The standard InChI is InChI=1S/C40H41N5O7/c1-38(30-14-6-3-7-15-30,40(39(27-47,44-40)19-21-46)37(50)52-25-29-12-4-2-5-13-29)26-45-32-18-17-28(23-31(32)36(49)43-24-34(45)48)11-8-9-22-51-33-16-10-20-42-35(33)41/h2-7,10,12-18,20-21,23,27,44H,8-9,11,19,22,24-26H2,1H3,(H2,41,42)(H,43,49)/t38?,39?,40-/m1/s1. The highest BCUT2D eigenvalue weighted by atomic mass is 16.5. The lowest BCUT2D eigenvalue weighted by molar-refractivity contribution is -0.151. The molecule has 12 heteroatoms. The number of nitrogens with one attached hydrogen (secondary N) is 2. The number of esters is 1. The van der Waals surface area contributed by atoms with Crippen molar-refractivity contribution in [3.63, 3.8) is 0 Å². The first kappa shape index (κ1) is 35.9. The van der Waals surface area contributed by atoms with E-state index in [1.807, 2.05) is 54.6 Å². The van der Waals surface area contributed by atoms with Crippen molar-refractivity contribution in [3.8, 4) is 5.75 Å². The summed E-state index contributed by atoms with van der Waals surface area (Å²) in [4.78, 5) is 72.1. The Kier molecular flexibility index (Phi) is 10.5. The van der Waals surface area contributed by atoms with E-state index in [-0.39, 0.29) is 26.1 Å². The van der Waals surface area contributed by atoms with Gasteiger partial charge in [0.05, 0.1) is 24.4 Å². The topological polar surface area (TPSA) is 180 Å². The molecule has 52 heavy (non-hydrogen) atoms. The molecule has 0 radical (unpaired) electrons. The maximum absolute atomic E-state index is 14.4. The van der Waals surface area contributed by atoms with Crippen LogP contribution in [0.3, 0.4) is 0 Å². The molecule has 268 valence electrons. The number of anilines is 2. The number of aryl methyl sites for hydroxylation is 1. The Balaban J connectivity index is 1.31. The molecule has 3 aromatic carbocycles. The molecule has 2 aliphatic heterocycles. The van der Waals surface area contributed by atoms with Crippen molar-refractivity contribution in [1.29, 1.82) is 0 Å². The molecule has 0 bridgehead atoms. The molecule has 2 unspecified atom stereocenters. The second kappa shape index (κ2) is 15.2. The summed E-state index contributed by atoms with van der Waals surface area (Å²) in [5.41, 5.74) is 4.09. The van der Waals surface area contributed by atoms with Crippen molar-refractivity contribution in [2.75, 3.05) is 30.3 Å². The van der Waals surface area contributed by atoms with Crippen molar-refractivity contribution in [1.82, 2.24) is 15.6 Å². The number of unbranched alkanes of at least 4 members (excludes halogenated alkanes) is 1. The number of aldehydes is 2. The van der Waals surface area contributed by atoms with Crippen LogP contribution in [0.5, 0.6) is 5.75 Å². The number of nitrogens with two attached hydrogens (primary N) is 1. The molecule has 0 spiro atoms. The van der Waals surface area contributed by atoms with Crippen LogP contribution in [0.1, 0.15) is 53.2 Å². The van der Waals surface area contributed by atoms with Crippen LogP contribution in [0, 0.1) is 0 Å². The molecule has 2 amide bonds. The molecule has 1 fully saturated rings. The average Bonchev–Trinajstić information content (AvgIpc) is 3.88. The highest BCUT2D eigenvalue weighted by Gasteiger charge is 2.80. The van der Waals surface area contributed by atoms with Crippen LogP contribution in [0.4, 0.5) is 11.5 Å². The fourth-order valence-corrected chi connectivity index (χ4v) is 7.22. The molecule has 0 saturated carbocycles. The van der Waals surface area contributed by atoms with Crippen LogP contribution in [-0.4, -0.2) is 66.1 Å². The largest absolute Gasteiger partial charge is 0.490 e. The molecule has 3 heterocycles. The van der Waals surface area contributed by atoms with Gasteiger partial charge in [-0.05, 0) is 60.2 Å². The number of nitrogens with zero attached hydrogens (tertiary/aromatic N) is 2. The van der Waals surface area contributed by atoms with Gasteiger partial charge in [0.1, 0.15) is 24.7 Å². The zero-order chi connectivity index (χ0) is 36.8. The summed E-state index contributed by atoms with van der Waals surface area (Å²) in [7, 11) is 0. The summed E-state index contributed by atoms with van der Waals surface area (Å²) in [5.74, 6) is -0.696. The molecular weight excluding hydrogens is 662 g/mol. The normalized spacial score (nSPS) is 20.4. The van der Waals surface area contributed by atoms with Gasteiger partial charge in [0.2, 0.25) is 5.91 Å². The van der Waals surface area contributed by atoms with Crippen molar-refractivity contribution in [2.24, 2.45) is 0 Å². The van der Waals surface area contributed by atoms with Gasteiger partial charge in [-0.3, -0.25) is 14.9 Å². The molecule has 12 nitrogen and oxygen atoms in total. The first-order valence-corrected chi connectivity index (χ1v) is 17.2. The zero-order valence-corrected chi connectivity index (χ0v) is 28.9. The number of carbonyl (C=O) groups excluding carboxylic acids is 5. The van der Waals surface area contributed by atoms with Gasteiger partial charge in [-0.2, -0.15) is 0 Å². The van der Waals surface area contributed by atoms with Crippen molar-refractivity contribution in [3.05, 3.63) is 119 Å². The van der Waals surface area contributed by atoms with Crippen molar-refractivity contribution >= 4 is 41.9 Å². The lowest BCUT2D eigenvalue weighted by Crippen LogP contribution is -2.59. The number of hydrogen-bond donors (Lipinski definition) is 3. The molecular formula is C40H41N5O7. The highest BCUT2D eigenvalue weighted by Crippen LogP contribution is 2.55. The molecule has 4 aromatic rings. The molecule has 1 saturated heterocycles. The first-order chi connectivity index (χ1) is 25.2. The SMILES string of the molecule is CC(CN1C(=O)CNC(=O)c2cc(CCCCOc3cccnc3N)ccc21)(c1ccccc1)[C@@]1(C(=O)OCc2ccccc2)NC1(C=O)CC=O. The second-order valence-electron chi connectivity index (χ2n) is 13.3. The molecule has 2 aliphatic rings.